The van der Waals surface area contributed by atoms with E-state index < -0.39 is 5.92 Å². The van der Waals surface area contributed by atoms with Crippen LogP contribution in [0.25, 0.3) is 6.08 Å². The fourth-order valence-corrected chi connectivity index (χ4v) is 4.64. The molecule has 0 aliphatic carbocycles. The van der Waals surface area contributed by atoms with Crippen LogP contribution in [0, 0.1) is 0 Å². The van der Waals surface area contributed by atoms with Crippen molar-refractivity contribution >= 4 is 17.8 Å². The average Bonchev–Trinajstić information content (AvgIpc) is 3.21. The minimum Gasteiger partial charge on any atom is -0.493 e. The lowest BCUT2D eigenvalue weighted by Gasteiger charge is -2.27. The van der Waals surface area contributed by atoms with E-state index in [1.807, 2.05) is 37.3 Å². The highest BCUT2D eigenvalue weighted by Gasteiger charge is 2.39. The molecule has 7 heteroatoms. The van der Waals surface area contributed by atoms with Crippen molar-refractivity contribution in [2.75, 3.05) is 20.8 Å². The van der Waals surface area contributed by atoms with Crippen molar-refractivity contribution in [1.29, 1.82) is 0 Å². The molecule has 3 aromatic carbocycles. The Morgan fingerprint density at radius 1 is 1.00 bits per heavy atom. The molecule has 188 valence electrons. The van der Waals surface area contributed by atoms with Crippen LogP contribution in [0.5, 0.6) is 28.7 Å². The number of allylic oxidation sites excluding steroid dienone is 1. The summed E-state index contributed by atoms with van der Waals surface area (Å²) in [5, 5.41) is 0. The maximum atomic E-state index is 13.4. The summed E-state index contributed by atoms with van der Waals surface area (Å²) >= 11 is 0. The molecule has 0 spiro atoms. The predicted molar refractivity (Wildman–Crippen MR) is 138 cm³/mol. The first kappa shape index (κ1) is 24.2. The fourth-order valence-electron chi connectivity index (χ4n) is 4.64. The molecule has 5 rings (SSSR count). The fraction of sp³-hybridized carbons (Fsp3) is 0.200. The number of fused-ring (bicyclic) bond motifs is 3. The number of hydrogen-bond acceptors (Lipinski definition) is 7. The normalized spacial score (nSPS) is 16.9. The van der Waals surface area contributed by atoms with Gasteiger partial charge < -0.3 is 23.7 Å². The number of rotatable bonds is 7. The topological polar surface area (TPSA) is 80.3 Å². The van der Waals surface area contributed by atoms with Crippen molar-refractivity contribution in [2.24, 2.45) is 0 Å². The second-order valence-corrected chi connectivity index (χ2v) is 8.89. The summed E-state index contributed by atoms with van der Waals surface area (Å²) in [6.45, 7) is 6.13. The Balaban J connectivity index is 1.60. The van der Waals surface area contributed by atoms with Gasteiger partial charge in [0, 0.05) is 22.6 Å². The molecule has 0 radical (unpaired) electrons. The smallest absolute Gasteiger partial charge is 0.312 e. The molecule has 3 aromatic rings. The van der Waals surface area contributed by atoms with Gasteiger partial charge in [0.05, 0.1) is 26.2 Å². The zero-order valence-corrected chi connectivity index (χ0v) is 20.8. The Labute approximate surface area is 214 Å². The van der Waals surface area contributed by atoms with Gasteiger partial charge in [0.25, 0.3) is 0 Å². The molecule has 0 N–H and O–H groups in total. The van der Waals surface area contributed by atoms with E-state index in [2.05, 4.69) is 6.58 Å². The number of carbonyl (C=O) groups excluding carboxylic acids is 2. The minimum absolute atomic E-state index is 0.0806. The molecule has 2 heterocycles. The highest BCUT2D eigenvalue weighted by Crippen LogP contribution is 2.50. The summed E-state index contributed by atoms with van der Waals surface area (Å²) in [4.78, 5) is 26.0. The first-order valence-corrected chi connectivity index (χ1v) is 11.8. The monoisotopic (exact) mass is 498 g/mol. The summed E-state index contributed by atoms with van der Waals surface area (Å²) < 4.78 is 28.6. The lowest BCUT2D eigenvalue weighted by atomic mass is 9.84. The third kappa shape index (κ3) is 4.44. The Morgan fingerprint density at radius 2 is 1.78 bits per heavy atom. The molecule has 2 aliphatic heterocycles. The van der Waals surface area contributed by atoms with E-state index in [4.69, 9.17) is 23.7 Å². The standard InChI is InChI=1S/C30H26O7/c1-17(2)16-35-22-10-6-5-9-19(22)21-15-26(31)36-23-13-12-20-28(32)25(37-30(20)27(21)23)14-18-8-7-11-24(33-3)29(18)34-4/h5-14,21H,1,15-16H2,2-4H3. The summed E-state index contributed by atoms with van der Waals surface area (Å²) in [7, 11) is 3.09. The number of esters is 1. The zero-order chi connectivity index (χ0) is 26.1. The number of carbonyl (C=O) groups is 2. The van der Waals surface area contributed by atoms with E-state index in [1.54, 1.807) is 37.5 Å². The molecule has 0 saturated heterocycles. The number of Topliss-reactive ketones (excluding diaryl/α,β-unsaturated/α-hetero) is 1. The van der Waals surface area contributed by atoms with Crippen molar-refractivity contribution in [3.8, 4) is 28.7 Å². The second-order valence-electron chi connectivity index (χ2n) is 8.89. The van der Waals surface area contributed by atoms with E-state index >= 15 is 0 Å². The summed E-state index contributed by atoms with van der Waals surface area (Å²) in [5.41, 5.74) is 3.34. The maximum absolute atomic E-state index is 13.4. The summed E-state index contributed by atoms with van der Waals surface area (Å²) in [6, 6.07) is 16.2. The van der Waals surface area contributed by atoms with Gasteiger partial charge in [0.1, 0.15) is 23.9 Å². The van der Waals surface area contributed by atoms with Crippen molar-refractivity contribution < 1.29 is 33.3 Å². The number of methoxy groups -OCH3 is 2. The molecule has 1 atom stereocenters. The quantitative estimate of drug-likeness (QED) is 0.178. The SMILES string of the molecule is C=C(C)COc1ccccc1C1CC(=O)Oc2ccc3c(c21)OC(=Cc1cccc(OC)c1OC)C3=O. The molecule has 1 unspecified atom stereocenters. The zero-order valence-electron chi connectivity index (χ0n) is 20.8. The Kier molecular flexibility index (Phi) is 6.44. The third-order valence-electron chi connectivity index (χ3n) is 6.27. The first-order valence-electron chi connectivity index (χ1n) is 11.8. The summed E-state index contributed by atoms with van der Waals surface area (Å²) in [5.74, 6) is 1.47. The molecule has 0 saturated carbocycles. The highest BCUT2D eigenvalue weighted by atomic mass is 16.5. The van der Waals surface area contributed by atoms with Crippen LogP contribution in [-0.2, 0) is 4.79 Å². The van der Waals surface area contributed by atoms with Crippen molar-refractivity contribution in [3.63, 3.8) is 0 Å². The molecule has 37 heavy (non-hydrogen) atoms. The van der Waals surface area contributed by atoms with Gasteiger partial charge in [-0.3, -0.25) is 9.59 Å². The Hall–Kier alpha value is -4.52. The van der Waals surface area contributed by atoms with Crippen molar-refractivity contribution in [2.45, 2.75) is 19.3 Å². The van der Waals surface area contributed by atoms with E-state index in [0.717, 1.165) is 11.1 Å². The van der Waals surface area contributed by atoms with Crippen LogP contribution >= 0.6 is 0 Å². The van der Waals surface area contributed by atoms with Gasteiger partial charge in [0.2, 0.25) is 5.78 Å². The van der Waals surface area contributed by atoms with Gasteiger partial charge in [-0.05, 0) is 42.8 Å². The molecule has 0 fully saturated rings. The van der Waals surface area contributed by atoms with Crippen molar-refractivity contribution in [1.82, 2.24) is 0 Å². The first-order chi connectivity index (χ1) is 17.9. The summed E-state index contributed by atoms with van der Waals surface area (Å²) in [6.07, 6.45) is 1.71. The van der Waals surface area contributed by atoms with Crippen LogP contribution < -0.4 is 23.7 Å². The largest absolute Gasteiger partial charge is 0.493 e. The van der Waals surface area contributed by atoms with E-state index in [-0.39, 0.29) is 23.9 Å². The molecule has 0 bridgehead atoms. The molecular formula is C30H26O7. The van der Waals surface area contributed by atoms with Gasteiger partial charge in [-0.15, -0.1) is 0 Å². The highest BCUT2D eigenvalue weighted by molar-refractivity contribution is 6.15. The van der Waals surface area contributed by atoms with Gasteiger partial charge in [-0.25, -0.2) is 0 Å². The van der Waals surface area contributed by atoms with Crippen LogP contribution in [0.15, 0.2) is 72.5 Å². The lowest BCUT2D eigenvalue weighted by molar-refractivity contribution is -0.135. The second kappa shape index (κ2) is 9.85. The number of benzene rings is 3. The Morgan fingerprint density at radius 3 is 2.54 bits per heavy atom. The van der Waals surface area contributed by atoms with E-state index in [1.165, 1.54) is 7.11 Å². The Bertz CT molecular complexity index is 1450. The number of para-hydroxylation sites is 2. The molecule has 0 amide bonds. The van der Waals surface area contributed by atoms with Crippen LogP contribution in [0.3, 0.4) is 0 Å². The van der Waals surface area contributed by atoms with Crippen molar-refractivity contribution in [3.05, 3.63) is 94.8 Å². The van der Waals surface area contributed by atoms with Gasteiger partial charge in [-0.2, -0.15) is 0 Å². The molecule has 2 aliphatic rings. The van der Waals surface area contributed by atoms with E-state index in [0.29, 0.717) is 52.0 Å². The van der Waals surface area contributed by atoms with E-state index in [9.17, 15) is 9.59 Å². The van der Waals surface area contributed by atoms with Gasteiger partial charge in [-0.1, -0.05) is 36.9 Å². The lowest BCUT2D eigenvalue weighted by Crippen LogP contribution is -2.22. The van der Waals surface area contributed by atoms with Crippen LogP contribution in [-0.4, -0.2) is 32.6 Å². The number of ether oxygens (including phenoxy) is 5. The third-order valence-corrected chi connectivity index (χ3v) is 6.27. The number of ketones is 1. The van der Waals surface area contributed by atoms with Crippen LogP contribution in [0.2, 0.25) is 0 Å². The maximum Gasteiger partial charge on any atom is 0.312 e. The van der Waals surface area contributed by atoms with Crippen LogP contribution in [0.1, 0.15) is 46.3 Å². The molecule has 0 aromatic heterocycles. The van der Waals surface area contributed by atoms with Gasteiger partial charge in [0.15, 0.2) is 17.3 Å². The molecular weight excluding hydrogens is 472 g/mol. The van der Waals surface area contributed by atoms with Gasteiger partial charge >= 0.3 is 5.97 Å². The van der Waals surface area contributed by atoms with Crippen LogP contribution in [0.4, 0.5) is 0 Å². The predicted octanol–water partition coefficient (Wildman–Crippen LogP) is 5.72. The molecule has 7 nitrogen and oxygen atoms in total. The number of hydrogen-bond donors (Lipinski definition) is 0. The minimum atomic E-state index is -0.425. The average molecular weight is 499 g/mol.